The first-order chi connectivity index (χ1) is 7.63. The van der Waals surface area contributed by atoms with E-state index in [-0.39, 0.29) is 22.2 Å². The molecule has 1 aromatic rings. The summed E-state index contributed by atoms with van der Waals surface area (Å²) in [6.45, 7) is 1.08. The first kappa shape index (κ1) is 14.2. The lowest BCUT2D eigenvalue weighted by atomic mass is 9.94. The number of hydrogen-bond donors (Lipinski definition) is 1. The van der Waals surface area contributed by atoms with Crippen molar-refractivity contribution in [3.63, 3.8) is 0 Å². The Morgan fingerprint density at radius 3 is 2.29 bits per heavy atom. The Bertz CT molecular complexity index is 389. The molecule has 0 heterocycles. The summed E-state index contributed by atoms with van der Waals surface area (Å²) in [5.41, 5.74) is -1.06. The van der Waals surface area contributed by atoms with E-state index >= 15 is 0 Å². The number of hydrogen-bond acceptors (Lipinski definition) is 2. The Kier molecular flexibility index (Phi) is 4.03. The molecule has 1 nitrogen and oxygen atoms in total. The lowest BCUT2D eigenvalue weighted by molar-refractivity contribution is -0.0328. The van der Waals surface area contributed by atoms with Crippen LogP contribution >= 0.6 is 11.8 Å². The molecule has 0 aliphatic rings. The van der Waals surface area contributed by atoms with E-state index in [0.717, 1.165) is 13.0 Å². The van der Waals surface area contributed by atoms with Gasteiger partial charge in [0.15, 0.2) is 0 Å². The predicted octanol–water partition coefficient (Wildman–Crippen LogP) is 3.74. The first-order valence-electron chi connectivity index (χ1n) is 4.56. The molecule has 1 aromatic carbocycles. The number of rotatable bonds is 3. The van der Waals surface area contributed by atoms with Gasteiger partial charge < -0.3 is 5.73 Å². The SMILES string of the molecule is CC(N)(c1cccc(SC(F)(F)F)c1)C(F)F. The number of halogens is 5. The highest BCUT2D eigenvalue weighted by molar-refractivity contribution is 8.00. The zero-order valence-corrected chi connectivity index (χ0v) is 9.58. The molecule has 17 heavy (non-hydrogen) atoms. The van der Waals surface area contributed by atoms with Gasteiger partial charge in [0.2, 0.25) is 0 Å². The van der Waals surface area contributed by atoms with Crippen molar-refractivity contribution in [1.29, 1.82) is 0 Å². The minimum atomic E-state index is -4.45. The molecule has 96 valence electrons. The van der Waals surface area contributed by atoms with Crippen molar-refractivity contribution in [2.24, 2.45) is 5.73 Å². The molecule has 1 atom stereocenters. The van der Waals surface area contributed by atoms with Crippen LogP contribution in [0.25, 0.3) is 0 Å². The maximum absolute atomic E-state index is 12.6. The van der Waals surface area contributed by atoms with Gasteiger partial charge in [-0.05, 0) is 36.4 Å². The van der Waals surface area contributed by atoms with E-state index in [0.29, 0.717) is 0 Å². The van der Waals surface area contributed by atoms with Gasteiger partial charge in [-0.2, -0.15) is 13.2 Å². The van der Waals surface area contributed by atoms with E-state index in [1.54, 1.807) is 0 Å². The molecule has 0 fully saturated rings. The summed E-state index contributed by atoms with van der Waals surface area (Å²) in [5.74, 6) is 0. The first-order valence-corrected chi connectivity index (χ1v) is 5.38. The fourth-order valence-electron chi connectivity index (χ4n) is 1.15. The van der Waals surface area contributed by atoms with Gasteiger partial charge in [0.05, 0.1) is 5.54 Å². The summed E-state index contributed by atoms with van der Waals surface area (Å²) >= 11 is -0.358. The van der Waals surface area contributed by atoms with Crippen molar-refractivity contribution < 1.29 is 22.0 Å². The van der Waals surface area contributed by atoms with Gasteiger partial charge in [-0.25, -0.2) is 8.78 Å². The molecule has 1 rings (SSSR count). The van der Waals surface area contributed by atoms with Gasteiger partial charge in [0.1, 0.15) is 0 Å². The topological polar surface area (TPSA) is 26.0 Å². The third-order valence-electron chi connectivity index (χ3n) is 2.14. The molecular formula is C10H10F5NS. The zero-order valence-electron chi connectivity index (χ0n) is 8.76. The molecule has 0 amide bonds. The average molecular weight is 271 g/mol. The van der Waals surface area contributed by atoms with Gasteiger partial charge in [-0.15, -0.1) is 0 Å². The van der Waals surface area contributed by atoms with E-state index in [9.17, 15) is 22.0 Å². The zero-order chi connectivity index (χ0) is 13.3. The van der Waals surface area contributed by atoms with E-state index in [2.05, 4.69) is 0 Å². The second-order valence-electron chi connectivity index (χ2n) is 3.66. The Balaban J connectivity index is 3.02. The average Bonchev–Trinajstić information content (AvgIpc) is 2.15. The van der Waals surface area contributed by atoms with Gasteiger partial charge in [0, 0.05) is 4.90 Å². The molecule has 2 N–H and O–H groups in total. The predicted molar refractivity (Wildman–Crippen MR) is 55.9 cm³/mol. The lowest BCUT2D eigenvalue weighted by Crippen LogP contribution is -2.40. The van der Waals surface area contributed by atoms with Crippen LogP contribution in [0.15, 0.2) is 29.2 Å². The largest absolute Gasteiger partial charge is 0.446 e. The third-order valence-corrected chi connectivity index (χ3v) is 2.86. The molecule has 1 unspecified atom stereocenters. The van der Waals surface area contributed by atoms with Gasteiger partial charge in [-0.1, -0.05) is 12.1 Å². The fraction of sp³-hybridized carbons (Fsp3) is 0.400. The van der Waals surface area contributed by atoms with Crippen LogP contribution in [0.2, 0.25) is 0 Å². The van der Waals surface area contributed by atoms with E-state index in [1.165, 1.54) is 18.2 Å². The second kappa shape index (κ2) is 4.81. The monoisotopic (exact) mass is 271 g/mol. The highest BCUT2D eigenvalue weighted by Crippen LogP contribution is 2.38. The van der Waals surface area contributed by atoms with Crippen LogP contribution in [-0.4, -0.2) is 11.9 Å². The lowest BCUT2D eigenvalue weighted by Gasteiger charge is -2.24. The highest BCUT2D eigenvalue weighted by Gasteiger charge is 2.34. The second-order valence-corrected chi connectivity index (χ2v) is 4.80. The van der Waals surface area contributed by atoms with Crippen molar-refractivity contribution >= 4 is 11.8 Å². The molecule has 7 heteroatoms. The molecule has 0 radical (unpaired) electrons. The molecule has 0 aliphatic heterocycles. The molecule has 0 saturated heterocycles. The Morgan fingerprint density at radius 1 is 1.24 bits per heavy atom. The van der Waals surface area contributed by atoms with Crippen LogP contribution in [0.5, 0.6) is 0 Å². The number of thioether (sulfide) groups is 1. The Morgan fingerprint density at radius 2 is 1.82 bits per heavy atom. The Labute approximate surface area is 99.2 Å². The van der Waals surface area contributed by atoms with Crippen LogP contribution in [0.3, 0.4) is 0 Å². The summed E-state index contributed by atoms with van der Waals surface area (Å²) in [6, 6.07) is 4.79. The molecule has 0 saturated carbocycles. The van der Waals surface area contributed by atoms with Crippen molar-refractivity contribution in [3.8, 4) is 0 Å². The summed E-state index contributed by atoms with van der Waals surface area (Å²) < 4.78 is 61.6. The van der Waals surface area contributed by atoms with E-state index in [1.807, 2.05) is 0 Å². The maximum Gasteiger partial charge on any atom is 0.446 e. The summed E-state index contributed by atoms with van der Waals surface area (Å²) in [7, 11) is 0. The quantitative estimate of drug-likeness (QED) is 0.669. The smallest absolute Gasteiger partial charge is 0.317 e. The van der Waals surface area contributed by atoms with Crippen LogP contribution < -0.4 is 5.73 Å². The van der Waals surface area contributed by atoms with E-state index < -0.39 is 17.5 Å². The normalized spacial score (nSPS) is 16.0. The van der Waals surface area contributed by atoms with Gasteiger partial charge in [0.25, 0.3) is 6.43 Å². The minimum absolute atomic E-state index is 0.0262. The van der Waals surface area contributed by atoms with Crippen LogP contribution in [0, 0.1) is 0 Å². The fourth-order valence-corrected chi connectivity index (χ4v) is 1.75. The molecule has 0 aromatic heterocycles. The summed E-state index contributed by atoms with van der Waals surface area (Å²) in [4.78, 5) is -0.160. The number of nitrogens with two attached hydrogens (primary N) is 1. The molecular weight excluding hydrogens is 261 g/mol. The maximum atomic E-state index is 12.6. The molecule has 0 aliphatic carbocycles. The van der Waals surface area contributed by atoms with E-state index in [4.69, 9.17) is 5.73 Å². The summed E-state index contributed by atoms with van der Waals surface area (Å²) in [5, 5.41) is 0. The Hall–Kier alpha value is -0.820. The minimum Gasteiger partial charge on any atom is -0.317 e. The third kappa shape index (κ3) is 3.85. The van der Waals surface area contributed by atoms with Crippen molar-refractivity contribution in [1.82, 2.24) is 0 Å². The number of benzene rings is 1. The van der Waals surface area contributed by atoms with Crippen LogP contribution in [0.1, 0.15) is 12.5 Å². The standard InChI is InChI=1S/C10H10F5NS/c1-9(16,8(11)12)6-3-2-4-7(5-6)17-10(13,14)15/h2-5,8H,16H2,1H3. The van der Waals surface area contributed by atoms with Gasteiger partial charge in [-0.3, -0.25) is 0 Å². The van der Waals surface area contributed by atoms with Gasteiger partial charge >= 0.3 is 5.51 Å². The van der Waals surface area contributed by atoms with Crippen LogP contribution in [-0.2, 0) is 5.54 Å². The molecule has 0 spiro atoms. The van der Waals surface area contributed by atoms with Crippen molar-refractivity contribution in [2.75, 3.05) is 0 Å². The number of alkyl halides is 5. The highest BCUT2D eigenvalue weighted by atomic mass is 32.2. The summed E-state index contributed by atoms with van der Waals surface area (Å²) in [6.07, 6.45) is -2.85. The van der Waals surface area contributed by atoms with Crippen LogP contribution in [0.4, 0.5) is 22.0 Å². The van der Waals surface area contributed by atoms with Crippen molar-refractivity contribution in [2.45, 2.75) is 29.3 Å². The van der Waals surface area contributed by atoms with Crippen molar-refractivity contribution in [3.05, 3.63) is 29.8 Å². The molecule has 0 bridgehead atoms.